The molecule has 0 radical (unpaired) electrons. The normalized spacial score (nSPS) is 12.6. The Balaban J connectivity index is 2.59. The van der Waals surface area contributed by atoms with Crippen molar-refractivity contribution in [2.75, 3.05) is 6.61 Å². The molecule has 0 amide bonds. The quantitative estimate of drug-likeness (QED) is 0.809. The molecule has 0 aliphatic carbocycles. The van der Waals surface area contributed by atoms with E-state index in [0.29, 0.717) is 0 Å². The first-order valence-electron chi connectivity index (χ1n) is 4.47. The fraction of sp³-hybridized carbons (Fsp3) is 0.400. The largest absolute Gasteiger partial charge is 0.489 e. The molecule has 1 aromatic carbocycles. The molecule has 78 valence electrons. The second kappa shape index (κ2) is 4.91. The number of rotatable bonds is 4. The third-order valence-electron chi connectivity index (χ3n) is 1.87. The highest BCUT2D eigenvalue weighted by Gasteiger charge is 2.06. The van der Waals surface area contributed by atoms with Gasteiger partial charge >= 0.3 is 0 Å². The van der Waals surface area contributed by atoms with Gasteiger partial charge in [0.25, 0.3) is 0 Å². The maximum atomic E-state index is 13.0. The Bertz CT molecular complexity index is 304. The van der Waals surface area contributed by atoms with Gasteiger partial charge in [-0.3, -0.25) is 0 Å². The Morgan fingerprint density at radius 1 is 1.43 bits per heavy atom. The second-order valence-electron chi connectivity index (χ2n) is 3.05. The summed E-state index contributed by atoms with van der Waals surface area (Å²) in [5, 5.41) is 0. The Morgan fingerprint density at radius 2 is 2.14 bits per heavy atom. The highest BCUT2D eigenvalue weighted by atomic mass is 19.1. The molecule has 0 saturated heterocycles. The molecule has 0 aliphatic rings. The van der Waals surface area contributed by atoms with Crippen molar-refractivity contribution < 1.29 is 13.5 Å². The van der Waals surface area contributed by atoms with Gasteiger partial charge in [0.1, 0.15) is 12.4 Å². The van der Waals surface area contributed by atoms with E-state index < -0.39 is 11.6 Å². The Kier molecular flexibility index (Phi) is 3.83. The molecule has 0 saturated carbocycles. The van der Waals surface area contributed by atoms with Crippen molar-refractivity contribution in [1.29, 1.82) is 0 Å². The molecule has 4 heteroatoms. The molecule has 1 unspecified atom stereocenters. The van der Waals surface area contributed by atoms with Crippen LogP contribution >= 0.6 is 0 Å². The molecule has 0 bridgehead atoms. The predicted molar refractivity (Wildman–Crippen MR) is 50.1 cm³/mol. The van der Waals surface area contributed by atoms with Crippen LogP contribution in [0.5, 0.6) is 5.75 Å². The average molecular weight is 201 g/mol. The van der Waals surface area contributed by atoms with Crippen LogP contribution < -0.4 is 10.5 Å². The molecule has 1 aromatic rings. The van der Waals surface area contributed by atoms with Gasteiger partial charge in [-0.15, -0.1) is 0 Å². The summed E-state index contributed by atoms with van der Waals surface area (Å²) < 4.78 is 30.6. The van der Waals surface area contributed by atoms with Crippen LogP contribution in [0.1, 0.15) is 13.3 Å². The van der Waals surface area contributed by atoms with Crippen LogP contribution in [0.4, 0.5) is 8.78 Å². The van der Waals surface area contributed by atoms with Gasteiger partial charge in [0.2, 0.25) is 0 Å². The van der Waals surface area contributed by atoms with Crippen molar-refractivity contribution in [1.82, 2.24) is 0 Å². The molecule has 0 aliphatic heterocycles. The summed E-state index contributed by atoms with van der Waals surface area (Å²) in [6, 6.07) is 3.06. The van der Waals surface area contributed by atoms with Gasteiger partial charge < -0.3 is 10.5 Å². The standard InChI is InChI=1S/C10H13F2NO/c1-2-8(13)6-14-10-4-3-7(11)5-9(10)12/h3-5,8H,2,6,13H2,1H3. The second-order valence-corrected chi connectivity index (χ2v) is 3.05. The molecule has 2 nitrogen and oxygen atoms in total. The van der Waals surface area contributed by atoms with E-state index in [-0.39, 0.29) is 18.4 Å². The molecule has 1 rings (SSSR count). The summed E-state index contributed by atoms with van der Waals surface area (Å²) in [6.07, 6.45) is 0.753. The molecule has 2 N–H and O–H groups in total. The third kappa shape index (κ3) is 2.96. The van der Waals surface area contributed by atoms with Gasteiger partial charge in [-0.1, -0.05) is 6.92 Å². The van der Waals surface area contributed by atoms with Crippen LogP contribution in [0.3, 0.4) is 0 Å². The number of halogens is 2. The summed E-state index contributed by atoms with van der Waals surface area (Å²) >= 11 is 0. The van der Waals surface area contributed by atoms with E-state index in [1.54, 1.807) is 0 Å². The molecule has 1 atom stereocenters. The first kappa shape index (κ1) is 10.9. The van der Waals surface area contributed by atoms with E-state index in [1.165, 1.54) is 6.07 Å². The van der Waals surface area contributed by atoms with Crippen LogP contribution in [0, 0.1) is 11.6 Å². The molecule has 14 heavy (non-hydrogen) atoms. The van der Waals surface area contributed by atoms with E-state index in [9.17, 15) is 8.78 Å². The molecule has 0 fully saturated rings. The summed E-state index contributed by atoms with van der Waals surface area (Å²) in [7, 11) is 0. The minimum atomic E-state index is -0.701. The molecule has 0 spiro atoms. The zero-order valence-electron chi connectivity index (χ0n) is 7.97. The lowest BCUT2D eigenvalue weighted by Crippen LogP contribution is -2.26. The summed E-state index contributed by atoms with van der Waals surface area (Å²) in [5.41, 5.74) is 5.58. The highest BCUT2D eigenvalue weighted by Crippen LogP contribution is 2.17. The zero-order valence-corrected chi connectivity index (χ0v) is 7.97. The number of ether oxygens (including phenoxy) is 1. The van der Waals surface area contributed by atoms with Crippen LogP contribution in [0.15, 0.2) is 18.2 Å². The lowest BCUT2D eigenvalue weighted by molar-refractivity contribution is 0.272. The lowest BCUT2D eigenvalue weighted by Gasteiger charge is -2.11. The molecule has 0 aromatic heterocycles. The predicted octanol–water partition coefficient (Wildman–Crippen LogP) is 2.08. The van der Waals surface area contributed by atoms with Gasteiger partial charge in [-0.25, -0.2) is 8.78 Å². The van der Waals surface area contributed by atoms with Gasteiger partial charge in [0.05, 0.1) is 0 Å². The topological polar surface area (TPSA) is 35.2 Å². The summed E-state index contributed by atoms with van der Waals surface area (Å²) in [6.45, 7) is 2.15. The Hall–Kier alpha value is -1.16. The van der Waals surface area contributed by atoms with Crippen LogP contribution in [0.25, 0.3) is 0 Å². The maximum Gasteiger partial charge on any atom is 0.167 e. The monoisotopic (exact) mass is 201 g/mol. The van der Waals surface area contributed by atoms with E-state index in [1.807, 2.05) is 6.92 Å². The van der Waals surface area contributed by atoms with Crippen LogP contribution in [-0.4, -0.2) is 12.6 Å². The van der Waals surface area contributed by atoms with Crippen molar-refractivity contribution >= 4 is 0 Å². The van der Waals surface area contributed by atoms with Crippen molar-refractivity contribution in [2.45, 2.75) is 19.4 Å². The Morgan fingerprint density at radius 3 is 2.71 bits per heavy atom. The molecular formula is C10H13F2NO. The third-order valence-corrected chi connectivity index (χ3v) is 1.87. The lowest BCUT2D eigenvalue weighted by atomic mass is 10.2. The average Bonchev–Trinajstić information content (AvgIpc) is 2.16. The Labute approximate surface area is 81.7 Å². The van der Waals surface area contributed by atoms with E-state index >= 15 is 0 Å². The highest BCUT2D eigenvalue weighted by molar-refractivity contribution is 5.24. The van der Waals surface area contributed by atoms with E-state index in [2.05, 4.69) is 0 Å². The minimum Gasteiger partial charge on any atom is -0.489 e. The van der Waals surface area contributed by atoms with Crippen molar-refractivity contribution in [3.05, 3.63) is 29.8 Å². The van der Waals surface area contributed by atoms with Crippen molar-refractivity contribution in [3.63, 3.8) is 0 Å². The number of benzene rings is 1. The number of hydrogen-bond donors (Lipinski definition) is 1. The number of nitrogens with two attached hydrogens (primary N) is 1. The first-order valence-corrected chi connectivity index (χ1v) is 4.47. The fourth-order valence-corrected chi connectivity index (χ4v) is 0.907. The van der Waals surface area contributed by atoms with Gasteiger partial charge in [-0.05, 0) is 18.6 Å². The van der Waals surface area contributed by atoms with Crippen molar-refractivity contribution in [3.8, 4) is 5.75 Å². The van der Waals surface area contributed by atoms with Crippen LogP contribution in [-0.2, 0) is 0 Å². The van der Waals surface area contributed by atoms with E-state index in [0.717, 1.165) is 18.6 Å². The summed E-state index contributed by atoms with van der Waals surface area (Å²) in [5.74, 6) is -1.28. The van der Waals surface area contributed by atoms with Gasteiger partial charge in [0, 0.05) is 12.1 Å². The van der Waals surface area contributed by atoms with Gasteiger partial charge in [-0.2, -0.15) is 0 Å². The number of hydrogen-bond acceptors (Lipinski definition) is 2. The zero-order chi connectivity index (χ0) is 10.6. The van der Waals surface area contributed by atoms with Gasteiger partial charge in [0.15, 0.2) is 11.6 Å². The maximum absolute atomic E-state index is 13.0. The van der Waals surface area contributed by atoms with Crippen molar-refractivity contribution in [2.24, 2.45) is 5.73 Å². The first-order chi connectivity index (χ1) is 6.63. The van der Waals surface area contributed by atoms with Crippen LogP contribution in [0.2, 0.25) is 0 Å². The smallest absolute Gasteiger partial charge is 0.167 e. The van der Waals surface area contributed by atoms with E-state index in [4.69, 9.17) is 10.5 Å². The molecule has 0 heterocycles. The SMILES string of the molecule is CCC(N)COc1ccc(F)cc1F. The molecular weight excluding hydrogens is 188 g/mol. The fourth-order valence-electron chi connectivity index (χ4n) is 0.907. The minimum absolute atomic E-state index is 0.0373. The summed E-state index contributed by atoms with van der Waals surface area (Å²) in [4.78, 5) is 0.